The summed E-state index contributed by atoms with van der Waals surface area (Å²) in [5.41, 5.74) is 0.203. The lowest BCUT2D eigenvalue weighted by molar-refractivity contribution is 0.0698. The van der Waals surface area contributed by atoms with Crippen LogP contribution in [0.1, 0.15) is 10.4 Å². The zero-order chi connectivity index (χ0) is 12.5. The summed E-state index contributed by atoms with van der Waals surface area (Å²) in [7, 11) is 0. The lowest BCUT2D eigenvalue weighted by Crippen LogP contribution is -2.03. The maximum absolute atomic E-state index is 11.2. The van der Waals surface area contributed by atoms with E-state index >= 15 is 0 Å². The van der Waals surface area contributed by atoms with E-state index in [0.29, 0.717) is 11.2 Å². The van der Waals surface area contributed by atoms with Crippen molar-refractivity contribution < 1.29 is 9.90 Å². The second-order valence-electron chi connectivity index (χ2n) is 3.82. The molecule has 0 atom stereocenters. The van der Waals surface area contributed by atoms with E-state index in [1.807, 2.05) is 18.2 Å². The molecular weight excluding hydrogens is 230 g/mol. The van der Waals surface area contributed by atoms with E-state index in [1.54, 1.807) is 29.4 Å². The maximum atomic E-state index is 11.2. The molecule has 0 amide bonds. The normalized spacial score (nSPS) is 10.7. The predicted molar refractivity (Wildman–Crippen MR) is 65.8 cm³/mol. The topological polar surface area (TPSA) is 68.0 Å². The molecule has 18 heavy (non-hydrogen) atoms. The van der Waals surface area contributed by atoms with Crippen molar-refractivity contribution in [3.05, 3.63) is 54.7 Å². The van der Waals surface area contributed by atoms with E-state index in [2.05, 4.69) is 9.97 Å². The van der Waals surface area contributed by atoms with Gasteiger partial charge >= 0.3 is 5.97 Å². The Morgan fingerprint density at radius 3 is 2.67 bits per heavy atom. The fourth-order valence-corrected chi connectivity index (χ4v) is 1.94. The Balaban J connectivity index is 2.37. The van der Waals surface area contributed by atoms with Gasteiger partial charge in [0.15, 0.2) is 0 Å². The third-order valence-corrected chi connectivity index (χ3v) is 2.75. The number of aromatic nitrogens is 3. The number of pyridine rings is 1. The molecule has 3 aromatic rings. The van der Waals surface area contributed by atoms with Gasteiger partial charge in [-0.1, -0.05) is 24.3 Å². The summed E-state index contributed by atoms with van der Waals surface area (Å²) in [5.74, 6) is -0.302. The van der Waals surface area contributed by atoms with Crippen LogP contribution in [-0.2, 0) is 0 Å². The van der Waals surface area contributed by atoms with Crippen LogP contribution < -0.4 is 0 Å². The third-order valence-electron chi connectivity index (χ3n) is 2.75. The van der Waals surface area contributed by atoms with Crippen molar-refractivity contribution in [1.29, 1.82) is 0 Å². The highest BCUT2D eigenvalue weighted by atomic mass is 16.4. The van der Waals surface area contributed by atoms with E-state index in [9.17, 15) is 4.79 Å². The fourth-order valence-electron chi connectivity index (χ4n) is 1.94. The number of benzene rings is 1. The van der Waals surface area contributed by atoms with Gasteiger partial charge in [0.25, 0.3) is 0 Å². The molecule has 0 aliphatic carbocycles. The van der Waals surface area contributed by atoms with Crippen molar-refractivity contribution in [1.82, 2.24) is 14.5 Å². The Morgan fingerprint density at radius 1 is 1.22 bits per heavy atom. The number of fused-ring (bicyclic) bond motifs is 1. The van der Waals surface area contributed by atoms with Crippen LogP contribution in [0, 0.1) is 0 Å². The molecule has 2 aromatic heterocycles. The number of rotatable bonds is 2. The predicted octanol–water partition coefficient (Wildman–Crippen LogP) is 2.12. The van der Waals surface area contributed by atoms with Crippen LogP contribution >= 0.6 is 0 Å². The number of carboxylic acids is 1. The number of hydrogen-bond donors (Lipinski definition) is 1. The fraction of sp³-hybridized carbons (Fsp3) is 0. The third kappa shape index (κ3) is 1.53. The number of carboxylic acid groups (broad SMARTS) is 1. The highest BCUT2D eigenvalue weighted by Gasteiger charge is 2.12. The zero-order valence-corrected chi connectivity index (χ0v) is 9.32. The first kappa shape index (κ1) is 10.5. The number of carbonyl (C=O) groups is 1. The second-order valence-corrected chi connectivity index (χ2v) is 3.82. The zero-order valence-electron chi connectivity index (χ0n) is 9.32. The van der Waals surface area contributed by atoms with E-state index in [0.717, 1.165) is 5.39 Å². The highest BCUT2D eigenvalue weighted by Crippen LogP contribution is 2.23. The van der Waals surface area contributed by atoms with Gasteiger partial charge in [0.1, 0.15) is 12.1 Å². The van der Waals surface area contributed by atoms with E-state index in [-0.39, 0.29) is 5.56 Å². The minimum atomic E-state index is -0.976. The summed E-state index contributed by atoms with van der Waals surface area (Å²) < 4.78 is 1.76. The average molecular weight is 239 g/mol. The smallest absolute Gasteiger partial charge is 0.337 e. The molecule has 0 radical (unpaired) electrons. The molecule has 1 N–H and O–H groups in total. The lowest BCUT2D eigenvalue weighted by atomic mass is 10.1. The summed E-state index contributed by atoms with van der Waals surface area (Å²) in [6.45, 7) is 0. The number of aromatic carboxylic acids is 1. The Morgan fingerprint density at radius 2 is 2.00 bits per heavy atom. The Hall–Kier alpha value is -2.69. The number of nitrogens with zero attached hydrogens (tertiary/aromatic N) is 3. The average Bonchev–Trinajstić information content (AvgIpc) is 2.91. The number of imidazole rings is 1. The summed E-state index contributed by atoms with van der Waals surface area (Å²) in [5, 5.41) is 10.6. The first-order chi connectivity index (χ1) is 8.77. The van der Waals surface area contributed by atoms with Crippen molar-refractivity contribution in [3.8, 4) is 5.82 Å². The van der Waals surface area contributed by atoms with Crippen LogP contribution in [-0.4, -0.2) is 25.6 Å². The van der Waals surface area contributed by atoms with Crippen molar-refractivity contribution >= 4 is 16.7 Å². The number of hydrogen-bond acceptors (Lipinski definition) is 3. The van der Waals surface area contributed by atoms with E-state index in [1.165, 1.54) is 6.20 Å². The Labute approximate surface area is 102 Å². The molecule has 2 heterocycles. The van der Waals surface area contributed by atoms with Crippen molar-refractivity contribution in [2.24, 2.45) is 0 Å². The monoisotopic (exact) mass is 239 g/mol. The molecule has 1 aromatic carbocycles. The molecule has 0 fully saturated rings. The summed E-state index contributed by atoms with van der Waals surface area (Å²) in [4.78, 5) is 19.3. The molecule has 0 unspecified atom stereocenters. The summed E-state index contributed by atoms with van der Waals surface area (Å²) in [6, 6.07) is 7.30. The maximum Gasteiger partial charge on any atom is 0.337 e. The summed E-state index contributed by atoms with van der Waals surface area (Å²) >= 11 is 0. The molecule has 0 aliphatic rings. The molecule has 0 spiro atoms. The minimum Gasteiger partial charge on any atom is -0.478 e. The molecule has 3 rings (SSSR count). The van der Waals surface area contributed by atoms with Crippen LogP contribution in [0.25, 0.3) is 16.6 Å². The molecule has 0 aliphatic heterocycles. The van der Waals surface area contributed by atoms with Gasteiger partial charge in [-0.3, -0.25) is 4.57 Å². The Kier molecular flexibility index (Phi) is 2.30. The van der Waals surface area contributed by atoms with Crippen LogP contribution in [0.2, 0.25) is 0 Å². The molecule has 5 nitrogen and oxygen atoms in total. The molecule has 88 valence electrons. The largest absolute Gasteiger partial charge is 0.478 e. The standard InChI is InChI=1S/C13H9N3O2/c17-13(18)11-7-15-12(16-6-5-14-8-16)10-4-2-1-3-9(10)11/h1-8H,(H,17,18). The van der Waals surface area contributed by atoms with Gasteiger partial charge in [0.2, 0.25) is 0 Å². The van der Waals surface area contributed by atoms with Crippen molar-refractivity contribution in [3.63, 3.8) is 0 Å². The first-order valence-electron chi connectivity index (χ1n) is 5.37. The first-order valence-corrected chi connectivity index (χ1v) is 5.37. The SMILES string of the molecule is O=C(O)c1cnc(-n2ccnc2)c2ccccc12. The molecule has 5 heteroatoms. The second kappa shape index (κ2) is 3.96. The lowest BCUT2D eigenvalue weighted by Gasteiger charge is -2.08. The van der Waals surface area contributed by atoms with Gasteiger partial charge in [-0.05, 0) is 0 Å². The highest BCUT2D eigenvalue weighted by molar-refractivity contribution is 6.05. The Bertz CT molecular complexity index is 720. The van der Waals surface area contributed by atoms with Crippen LogP contribution in [0.4, 0.5) is 0 Å². The van der Waals surface area contributed by atoms with Gasteiger partial charge in [-0.25, -0.2) is 14.8 Å². The van der Waals surface area contributed by atoms with Crippen molar-refractivity contribution in [2.75, 3.05) is 0 Å². The molecule has 0 saturated heterocycles. The van der Waals surface area contributed by atoms with Gasteiger partial charge in [-0.2, -0.15) is 0 Å². The molecule has 0 saturated carbocycles. The van der Waals surface area contributed by atoms with Gasteiger partial charge in [-0.15, -0.1) is 0 Å². The quantitative estimate of drug-likeness (QED) is 0.743. The van der Waals surface area contributed by atoms with Gasteiger partial charge in [0.05, 0.1) is 5.56 Å². The van der Waals surface area contributed by atoms with Gasteiger partial charge in [0, 0.05) is 29.4 Å². The summed E-state index contributed by atoms with van der Waals surface area (Å²) in [6.07, 6.45) is 6.44. The van der Waals surface area contributed by atoms with E-state index < -0.39 is 5.97 Å². The van der Waals surface area contributed by atoms with Gasteiger partial charge < -0.3 is 5.11 Å². The van der Waals surface area contributed by atoms with Crippen LogP contribution in [0.15, 0.2) is 49.2 Å². The van der Waals surface area contributed by atoms with Crippen LogP contribution in [0.3, 0.4) is 0 Å². The molecular formula is C13H9N3O2. The van der Waals surface area contributed by atoms with E-state index in [4.69, 9.17) is 5.11 Å². The minimum absolute atomic E-state index is 0.203. The molecule has 0 bridgehead atoms. The van der Waals surface area contributed by atoms with Crippen LogP contribution in [0.5, 0.6) is 0 Å². The van der Waals surface area contributed by atoms with Crippen molar-refractivity contribution in [2.45, 2.75) is 0 Å².